The van der Waals surface area contributed by atoms with Crippen LogP contribution in [0.2, 0.25) is 0 Å². The van der Waals surface area contributed by atoms with Crippen molar-refractivity contribution in [1.82, 2.24) is 4.90 Å². The van der Waals surface area contributed by atoms with Crippen molar-refractivity contribution in [2.75, 3.05) is 13.2 Å². The molecule has 2 N–H and O–H groups in total. The van der Waals surface area contributed by atoms with Crippen molar-refractivity contribution in [3.8, 4) is 0 Å². The quantitative estimate of drug-likeness (QED) is 0.334. The maximum Gasteiger partial charge on any atom is 0.368 e. The molecule has 1 aromatic rings. The fourth-order valence-corrected chi connectivity index (χ4v) is 4.86. The van der Waals surface area contributed by atoms with E-state index in [1.807, 2.05) is 42.7 Å². The molecule has 0 aliphatic carbocycles. The van der Waals surface area contributed by atoms with Crippen LogP contribution in [0.5, 0.6) is 0 Å². The minimum absolute atomic E-state index is 0.266. The Labute approximate surface area is 171 Å². The SMILES string of the molecule is O=C1ON=C(c2ccccc2)C1=C1C(I)=CN(CC(O)CO)C=C1I. The summed E-state index contributed by atoms with van der Waals surface area (Å²) in [6, 6.07) is 9.40. The van der Waals surface area contributed by atoms with Crippen LogP contribution in [0.25, 0.3) is 0 Å². The number of aliphatic hydroxyl groups is 2. The Morgan fingerprint density at radius 2 is 1.76 bits per heavy atom. The van der Waals surface area contributed by atoms with E-state index in [9.17, 15) is 9.90 Å². The van der Waals surface area contributed by atoms with Gasteiger partial charge in [-0.25, -0.2) is 4.79 Å². The van der Waals surface area contributed by atoms with Crippen molar-refractivity contribution in [3.63, 3.8) is 0 Å². The predicted molar refractivity (Wildman–Crippen MR) is 110 cm³/mol. The normalized spacial score (nSPS) is 18.6. The van der Waals surface area contributed by atoms with Crippen LogP contribution in [0, 0.1) is 0 Å². The summed E-state index contributed by atoms with van der Waals surface area (Å²) in [6.45, 7) is -0.0430. The van der Waals surface area contributed by atoms with E-state index in [1.54, 1.807) is 4.90 Å². The Hall–Kier alpha value is -1.24. The Morgan fingerprint density at radius 1 is 1.12 bits per heavy atom. The number of nitrogens with zero attached hydrogens (tertiary/aromatic N) is 2. The largest absolute Gasteiger partial charge is 0.394 e. The summed E-state index contributed by atoms with van der Waals surface area (Å²) in [5.41, 5.74) is 2.49. The second-order valence-corrected chi connectivity index (χ2v) is 7.75. The van der Waals surface area contributed by atoms with Crippen LogP contribution < -0.4 is 0 Å². The molecule has 0 spiro atoms. The molecule has 0 radical (unpaired) electrons. The minimum atomic E-state index is -0.840. The molecular weight excluding hydrogens is 550 g/mol. The van der Waals surface area contributed by atoms with Gasteiger partial charge in [0.2, 0.25) is 0 Å². The number of halogens is 2. The van der Waals surface area contributed by atoms with Gasteiger partial charge >= 0.3 is 5.97 Å². The number of aliphatic hydroxyl groups excluding tert-OH is 2. The number of allylic oxidation sites excluding steroid dienone is 3. The molecule has 1 unspecified atom stereocenters. The smallest absolute Gasteiger partial charge is 0.368 e. The third-order valence-electron chi connectivity index (χ3n) is 3.63. The van der Waals surface area contributed by atoms with Crippen molar-refractivity contribution in [3.05, 3.63) is 66.6 Å². The minimum Gasteiger partial charge on any atom is -0.394 e. The Kier molecular flexibility index (Phi) is 5.92. The van der Waals surface area contributed by atoms with Gasteiger partial charge in [0, 0.05) is 30.7 Å². The van der Waals surface area contributed by atoms with Gasteiger partial charge < -0.3 is 20.0 Å². The molecule has 0 fully saturated rings. The molecule has 0 aromatic heterocycles. The molecule has 0 saturated carbocycles. The monoisotopic (exact) mass is 564 g/mol. The van der Waals surface area contributed by atoms with Gasteiger partial charge in [-0.2, -0.15) is 0 Å². The Bertz CT molecular complexity index is 793. The molecule has 2 aliphatic rings. The maximum absolute atomic E-state index is 12.3. The zero-order chi connectivity index (χ0) is 18.0. The van der Waals surface area contributed by atoms with Crippen LogP contribution in [-0.2, 0) is 9.63 Å². The molecule has 25 heavy (non-hydrogen) atoms. The molecule has 1 atom stereocenters. The van der Waals surface area contributed by atoms with Crippen molar-refractivity contribution >= 4 is 56.9 Å². The highest BCUT2D eigenvalue weighted by atomic mass is 127. The number of oxime groups is 1. The third-order valence-corrected chi connectivity index (χ3v) is 5.26. The number of hydrogen-bond acceptors (Lipinski definition) is 6. The predicted octanol–water partition coefficient (Wildman–Crippen LogP) is 2.47. The van der Waals surface area contributed by atoms with E-state index < -0.39 is 12.1 Å². The summed E-state index contributed by atoms with van der Waals surface area (Å²) >= 11 is 4.29. The molecule has 6 nitrogen and oxygen atoms in total. The Morgan fingerprint density at radius 3 is 2.36 bits per heavy atom. The standard InChI is InChI=1S/C17H14I2N2O4/c18-12-7-21(6-11(23)9-22)8-13(19)14(12)15-16(20-25-17(15)24)10-4-2-1-3-5-10/h1-5,7-8,11,22-23H,6,9H2. The highest BCUT2D eigenvalue weighted by Gasteiger charge is 2.33. The second-order valence-electron chi connectivity index (χ2n) is 5.42. The fourth-order valence-electron chi connectivity index (χ4n) is 2.51. The lowest BCUT2D eigenvalue weighted by atomic mass is 9.97. The van der Waals surface area contributed by atoms with Crippen molar-refractivity contribution in [2.24, 2.45) is 5.16 Å². The molecule has 3 rings (SSSR count). The topological polar surface area (TPSA) is 82.4 Å². The lowest BCUT2D eigenvalue weighted by molar-refractivity contribution is -0.136. The lowest BCUT2D eigenvalue weighted by Gasteiger charge is -2.25. The van der Waals surface area contributed by atoms with Crippen molar-refractivity contribution in [2.45, 2.75) is 6.10 Å². The molecule has 0 bridgehead atoms. The highest BCUT2D eigenvalue weighted by Crippen LogP contribution is 2.38. The van der Waals surface area contributed by atoms with Gasteiger partial charge in [0.25, 0.3) is 0 Å². The summed E-state index contributed by atoms with van der Waals surface area (Å²) in [4.78, 5) is 19.0. The summed E-state index contributed by atoms with van der Waals surface area (Å²) in [5.74, 6) is -0.483. The number of benzene rings is 1. The van der Waals surface area contributed by atoms with Gasteiger partial charge in [-0.1, -0.05) is 35.5 Å². The van der Waals surface area contributed by atoms with Crippen molar-refractivity contribution in [1.29, 1.82) is 0 Å². The second kappa shape index (κ2) is 7.98. The first-order chi connectivity index (χ1) is 12.0. The van der Waals surface area contributed by atoms with E-state index >= 15 is 0 Å². The molecule has 2 heterocycles. The first-order valence-corrected chi connectivity index (χ1v) is 9.56. The zero-order valence-corrected chi connectivity index (χ0v) is 17.2. The van der Waals surface area contributed by atoms with E-state index in [2.05, 4.69) is 50.3 Å². The molecule has 2 aliphatic heterocycles. The first-order valence-electron chi connectivity index (χ1n) is 7.40. The number of carbonyl (C=O) groups is 1. The fraction of sp³-hybridized carbons (Fsp3) is 0.176. The maximum atomic E-state index is 12.3. The van der Waals surface area contributed by atoms with Crippen LogP contribution in [-0.4, -0.2) is 46.0 Å². The third kappa shape index (κ3) is 3.96. The average Bonchev–Trinajstić information content (AvgIpc) is 2.96. The zero-order valence-electron chi connectivity index (χ0n) is 12.9. The summed E-state index contributed by atoms with van der Waals surface area (Å²) in [7, 11) is 0. The van der Waals surface area contributed by atoms with Crippen LogP contribution in [0.3, 0.4) is 0 Å². The summed E-state index contributed by atoms with van der Waals surface area (Å²) < 4.78 is 1.65. The van der Waals surface area contributed by atoms with E-state index in [0.717, 1.165) is 18.3 Å². The summed E-state index contributed by atoms with van der Waals surface area (Å²) in [5, 5.41) is 22.6. The van der Waals surface area contributed by atoms with E-state index in [1.165, 1.54) is 0 Å². The van der Waals surface area contributed by atoms with Crippen LogP contribution >= 0.6 is 45.2 Å². The van der Waals surface area contributed by atoms with Crippen LogP contribution in [0.15, 0.2) is 66.2 Å². The molecule has 8 heteroatoms. The number of carbonyl (C=O) groups excluding carboxylic acids is 1. The molecule has 0 amide bonds. The van der Waals surface area contributed by atoms with Gasteiger partial charge in [-0.3, -0.25) is 0 Å². The molecular formula is C17H14I2N2O4. The van der Waals surface area contributed by atoms with Gasteiger partial charge in [-0.15, -0.1) is 0 Å². The average molecular weight is 564 g/mol. The Balaban J connectivity index is 2.01. The lowest BCUT2D eigenvalue weighted by Crippen LogP contribution is -2.29. The molecule has 0 saturated heterocycles. The van der Waals surface area contributed by atoms with Gasteiger partial charge in [0.15, 0.2) is 0 Å². The van der Waals surface area contributed by atoms with Crippen LogP contribution in [0.1, 0.15) is 5.56 Å². The van der Waals surface area contributed by atoms with Crippen molar-refractivity contribution < 1.29 is 19.8 Å². The van der Waals surface area contributed by atoms with E-state index in [0.29, 0.717) is 11.3 Å². The molecule has 130 valence electrons. The van der Waals surface area contributed by atoms with Crippen LogP contribution in [0.4, 0.5) is 0 Å². The highest BCUT2D eigenvalue weighted by molar-refractivity contribution is 14.1. The summed E-state index contributed by atoms with van der Waals surface area (Å²) in [6.07, 6.45) is 2.80. The number of rotatable bonds is 4. The number of β-amino-alcohol motifs (C(OH)–C–C–N with tert-alkyl or cyclic N) is 1. The van der Waals surface area contributed by atoms with E-state index in [4.69, 9.17) is 9.94 Å². The van der Waals surface area contributed by atoms with Gasteiger partial charge in [-0.05, 0) is 45.2 Å². The van der Waals surface area contributed by atoms with Gasteiger partial charge in [0.1, 0.15) is 11.3 Å². The van der Waals surface area contributed by atoms with Gasteiger partial charge in [0.05, 0.1) is 19.3 Å². The molecule has 1 aromatic carbocycles. The van der Waals surface area contributed by atoms with E-state index in [-0.39, 0.29) is 13.2 Å². The first kappa shape index (κ1) is 18.5. The number of hydrogen-bond donors (Lipinski definition) is 2.